The number of hydrogen-bond acceptors (Lipinski definition) is 3. The highest BCUT2D eigenvalue weighted by atomic mass is 19.1. The minimum atomic E-state index is -1.24. The second-order valence-corrected chi connectivity index (χ2v) is 4.11. The van der Waals surface area contributed by atoms with Crippen molar-refractivity contribution in [2.24, 2.45) is 0 Å². The fraction of sp³-hybridized carbons (Fsp3) is 0.143. The zero-order valence-electron chi connectivity index (χ0n) is 10.6. The molecule has 0 bridgehead atoms. The molecule has 1 aromatic heterocycles. The van der Waals surface area contributed by atoms with Gasteiger partial charge >= 0.3 is 5.97 Å². The third-order valence-electron chi connectivity index (χ3n) is 2.95. The number of aromatic carboxylic acids is 1. The molecule has 0 aliphatic carbocycles. The van der Waals surface area contributed by atoms with Crippen molar-refractivity contribution in [1.29, 1.82) is 0 Å². The van der Waals surface area contributed by atoms with Crippen LogP contribution in [0, 0.1) is 25.1 Å². The van der Waals surface area contributed by atoms with E-state index in [1.165, 1.54) is 19.1 Å². The van der Waals surface area contributed by atoms with Gasteiger partial charge in [-0.05, 0) is 13.0 Å². The molecule has 0 saturated heterocycles. The largest absolute Gasteiger partial charge is 0.478 e. The molecule has 0 fully saturated rings. The van der Waals surface area contributed by atoms with Gasteiger partial charge < -0.3 is 10.5 Å². The van der Waals surface area contributed by atoms with Gasteiger partial charge in [0.1, 0.15) is 5.82 Å². The molecule has 20 heavy (non-hydrogen) atoms. The van der Waals surface area contributed by atoms with Crippen LogP contribution in [0.3, 0.4) is 0 Å². The fourth-order valence-corrected chi connectivity index (χ4v) is 2.11. The van der Waals surface area contributed by atoms with E-state index < -0.39 is 17.3 Å². The summed E-state index contributed by atoms with van der Waals surface area (Å²) in [7, 11) is 0. The Kier molecular flexibility index (Phi) is 3.44. The van der Waals surface area contributed by atoms with Gasteiger partial charge in [-0.15, -0.1) is 6.42 Å². The summed E-state index contributed by atoms with van der Waals surface area (Å²) in [6, 6.07) is 3.88. The van der Waals surface area contributed by atoms with Crippen molar-refractivity contribution in [2.45, 2.75) is 6.92 Å². The van der Waals surface area contributed by atoms with Gasteiger partial charge in [0.15, 0.2) is 0 Å². The Hall–Kier alpha value is -2.81. The Bertz CT molecular complexity index is 803. The van der Waals surface area contributed by atoms with Crippen LogP contribution in [0.15, 0.2) is 23.0 Å². The van der Waals surface area contributed by atoms with Gasteiger partial charge in [-0.2, -0.15) is 0 Å². The first kappa shape index (κ1) is 13.6. The number of pyridine rings is 1. The number of hydrogen-bond donors (Lipinski definition) is 2. The van der Waals surface area contributed by atoms with Gasteiger partial charge in [0, 0.05) is 5.39 Å². The van der Waals surface area contributed by atoms with Crippen molar-refractivity contribution in [2.75, 3.05) is 12.0 Å². The predicted octanol–water partition coefficient (Wildman–Crippen LogP) is 1.32. The Morgan fingerprint density at radius 3 is 2.85 bits per heavy atom. The van der Waals surface area contributed by atoms with E-state index in [0.29, 0.717) is 0 Å². The van der Waals surface area contributed by atoms with Crippen molar-refractivity contribution in [3.05, 3.63) is 45.6 Å². The standard InChI is InChI=1S/C14H11FN2O3/c1-3-7-16-17-8(2)11(14(19)20)9-5-4-6-10(15)12(9)13(17)18/h1,4-6,16H,7H2,2H3,(H,19,20). The summed E-state index contributed by atoms with van der Waals surface area (Å²) < 4.78 is 14.8. The molecule has 1 aromatic carbocycles. The summed E-state index contributed by atoms with van der Waals surface area (Å²) in [5.41, 5.74) is 1.94. The second-order valence-electron chi connectivity index (χ2n) is 4.11. The first-order valence-electron chi connectivity index (χ1n) is 5.73. The summed E-state index contributed by atoms with van der Waals surface area (Å²) >= 11 is 0. The van der Waals surface area contributed by atoms with Gasteiger partial charge in [-0.1, -0.05) is 18.1 Å². The Morgan fingerprint density at radius 1 is 1.55 bits per heavy atom. The summed E-state index contributed by atoms with van der Waals surface area (Å²) in [5.74, 6) is 0.257. The van der Waals surface area contributed by atoms with Crippen LogP contribution in [-0.2, 0) is 0 Å². The molecule has 0 aliphatic rings. The van der Waals surface area contributed by atoms with Gasteiger partial charge in [-0.3, -0.25) is 4.79 Å². The van der Waals surface area contributed by atoms with Crippen LogP contribution in [0.5, 0.6) is 0 Å². The maximum Gasteiger partial charge on any atom is 0.338 e. The Morgan fingerprint density at radius 2 is 2.25 bits per heavy atom. The number of benzene rings is 1. The van der Waals surface area contributed by atoms with E-state index in [1.54, 1.807) is 0 Å². The van der Waals surface area contributed by atoms with Crippen LogP contribution in [-0.4, -0.2) is 22.3 Å². The molecule has 0 spiro atoms. The molecule has 0 radical (unpaired) electrons. The molecule has 5 nitrogen and oxygen atoms in total. The molecule has 0 amide bonds. The van der Waals surface area contributed by atoms with Gasteiger partial charge in [0.25, 0.3) is 5.56 Å². The van der Waals surface area contributed by atoms with Gasteiger partial charge in [0.2, 0.25) is 0 Å². The zero-order valence-corrected chi connectivity index (χ0v) is 10.6. The molecule has 0 atom stereocenters. The minimum absolute atomic E-state index is 0.0137. The van der Waals surface area contributed by atoms with E-state index in [4.69, 9.17) is 6.42 Å². The summed E-state index contributed by atoms with van der Waals surface area (Å²) in [6.07, 6.45) is 5.10. The van der Waals surface area contributed by atoms with E-state index in [9.17, 15) is 19.1 Å². The third kappa shape index (κ3) is 1.99. The number of fused-ring (bicyclic) bond motifs is 1. The van der Waals surface area contributed by atoms with E-state index in [2.05, 4.69) is 11.3 Å². The number of halogens is 1. The number of terminal acetylenes is 1. The van der Waals surface area contributed by atoms with Crippen molar-refractivity contribution in [1.82, 2.24) is 4.68 Å². The number of nitrogens with zero attached hydrogens (tertiary/aromatic N) is 1. The molecular formula is C14H11FN2O3. The van der Waals surface area contributed by atoms with Gasteiger partial charge in [0.05, 0.1) is 23.2 Å². The molecule has 102 valence electrons. The van der Waals surface area contributed by atoms with Crippen LogP contribution in [0.25, 0.3) is 10.8 Å². The van der Waals surface area contributed by atoms with Crippen molar-refractivity contribution in [3.8, 4) is 12.3 Å². The second kappa shape index (κ2) is 5.05. The first-order chi connectivity index (χ1) is 9.49. The zero-order chi connectivity index (χ0) is 14.9. The molecule has 0 saturated carbocycles. The van der Waals surface area contributed by atoms with E-state index in [1.807, 2.05) is 0 Å². The Balaban J connectivity index is 2.96. The lowest BCUT2D eigenvalue weighted by Crippen LogP contribution is -2.33. The number of carboxylic acids is 1. The highest BCUT2D eigenvalue weighted by Gasteiger charge is 2.20. The lowest BCUT2D eigenvalue weighted by Gasteiger charge is -2.15. The van der Waals surface area contributed by atoms with Crippen molar-refractivity contribution in [3.63, 3.8) is 0 Å². The van der Waals surface area contributed by atoms with Crippen LogP contribution < -0.4 is 11.0 Å². The van der Waals surface area contributed by atoms with Crippen LogP contribution in [0.2, 0.25) is 0 Å². The smallest absolute Gasteiger partial charge is 0.338 e. The molecule has 2 aromatic rings. The molecule has 1 heterocycles. The summed E-state index contributed by atoms with van der Waals surface area (Å²) in [6.45, 7) is 1.47. The number of rotatable bonds is 3. The molecule has 0 aliphatic heterocycles. The van der Waals surface area contributed by atoms with E-state index in [-0.39, 0.29) is 28.6 Å². The fourth-order valence-electron chi connectivity index (χ4n) is 2.11. The third-order valence-corrected chi connectivity index (χ3v) is 2.95. The summed E-state index contributed by atoms with van der Waals surface area (Å²) in [4.78, 5) is 23.6. The summed E-state index contributed by atoms with van der Waals surface area (Å²) in [5, 5.41) is 9.08. The van der Waals surface area contributed by atoms with Crippen LogP contribution >= 0.6 is 0 Å². The average molecular weight is 274 g/mol. The number of carboxylic acid groups (broad SMARTS) is 1. The van der Waals surface area contributed by atoms with Crippen LogP contribution in [0.1, 0.15) is 16.1 Å². The van der Waals surface area contributed by atoms with Crippen molar-refractivity contribution < 1.29 is 14.3 Å². The van der Waals surface area contributed by atoms with E-state index >= 15 is 0 Å². The normalized spacial score (nSPS) is 10.2. The molecule has 2 N–H and O–H groups in total. The van der Waals surface area contributed by atoms with Gasteiger partial charge in [-0.25, -0.2) is 13.9 Å². The quantitative estimate of drug-likeness (QED) is 0.828. The first-order valence-corrected chi connectivity index (χ1v) is 5.73. The lowest BCUT2D eigenvalue weighted by molar-refractivity contribution is 0.0697. The molecule has 0 unspecified atom stereocenters. The average Bonchev–Trinajstić information content (AvgIpc) is 2.38. The predicted molar refractivity (Wildman–Crippen MR) is 72.9 cm³/mol. The number of aromatic nitrogens is 1. The number of nitrogens with one attached hydrogen (secondary N) is 1. The maximum atomic E-state index is 13.8. The number of carbonyl (C=O) groups is 1. The molecule has 2 rings (SSSR count). The minimum Gasteiger partial charge on any atom is -0.478 e. The lowest BCUT2D eigenvalue weighted by atomic mass is 10.0. The topological polar surface area (TPSA) is 71.3 Å². The van der Waals surface area contributed by atoms with Crippen LogP contribution in [0.4, 0.5) is 4.39 Å². The van der Waals surface area contributed by atoms with E-state index in [0.717, 1.165) is 10.7 Å². The highest BCUT2D eigenvalue weighted by Crippen LogP contribution is 2.21. The molecule has 6 heteroatoms. The molecular weight excluding hydrogens is 263 g/mol. The van der Waals surface area contributed by atoms with Crippen molar-refractivity contribution >= 4 is 16.7 Å². The highest BCUT2D eigenvalue weighted by molar-refractivity contribution is 6.04. The SMILES string of the molecule is C#CCNn1c(C)c(C(=O)O)c2cccc(F)c2c1=O. The maximum absolute atomic E-state index is 13.8. The Labute approximate surface area is 113 Å². The monoisotopic (exact) mass is 274 g/mol.